The molecule has 23 heavy (non-hydrogen) atoms. The van der Waals surface area contributed by atoms with Crippen molar-refractivity contribution >= 4 is 0 Å². The van der Waals surface area contributed by atoms with Gasteiger partial charge in [0, 0.05) is 24.2 Å². The number of benzene rings is 2. The van der Waals surface area contributed by atoms with Gasteiger partial charge in [-0.05, 0) is 29.3 Å². The Balaban J connectivity index is 0.000000220. The molecule has 2 heterocycles. The quantitative estimate of drug-likeness (QED) is 0.525. The van der Waals surface area contributed by atoms with Crippen molar-refractivity contribution in [2.75, 3.05) is 0 Å². The van der Waals surface area contributed by atoms with Gasteiger partial charge in [-0.15, -0.1) is 0 Å². The van der Waals surface area contributed by atoms with Crippen molar-refractivity contribution in [2.24, 2.45) is 0 Å². The fraction of sp³-hybridized carbons (Fsp3) is 0. The molecule has 2 heteroatoms. The summed E-state index contributed by atoms with van der Waals surface area (Å²) < 4.78 is 0. The monoisotopic (exact) mass is 298 g/mol. The maximum Gasteiger partial charge on any atom is 0.0533 e. The van der Waals surface area contributed by atoms with Crippen molar-refractivity contribution in [1.82, 2.24) is 9.97 Å². The number of nitrogens with one attached hydrogen (secondary N) is 1. The van der Waals surface area contributed by atoms with Crippen molar-refractivity contribution in [3.63, 3.8) is 0 Å². The Morgan fingerprint density at radius 3 is 1.65 bits per heavy atom. The summed E-state index contributed by atoms with van der Waals surface area (Å²) in [6, 6.07) is 28.7. The van der Waals surface area contributed by atoms with Crippen LogP contribution in [0, 0.1) is 0 Å². The SMILES string of the molecule is c1ccc(-c2cc[nH]c2-c2ccccc2)cc1.c1ccncc1. The first kappa shape index (κ1) is 14.8. The Kier molecular flexibility index (Phi) is 4.99. The topological polar surface area (TPSA) is 28.7 Å². The highest BCUT2D eigenvalue weighted by molar-refractivity contribution is 5.81. The first-order chi connectivity index (χ1) is 11.4. The van der Waals surface area contributed by atoms with E-state index in [2.05, 4.69) is 64.6 Å². The van der Waals surface area contributed by atoms with Crippen LogP contribution < -0.4 is 0 Å². The number of aromatic nitrogens is 2. The summed E-state index contributed by atoms with van der Waals surface area (Å²) in [6.45, 7) is 0. The van der Waals surface area contributed by atoms with Crippen molar-refractivity contribution in [3.8, 4) is 22.4 Å². The molecule has 0 saturated heterocycles. The normalized spacial score (nSPS) is 9.74. The van der Waals surface area contributed by atoms with Crippen LogP contribution in [0.1, 0.15) is 0 Å². The molecular weight excluding hydrogens is 280 g/mol. The zero-order chi connectivity index (χ0) is 15.7. The highest BCUT2D eigenvalue weighted by Gasteiger charge is 2.07. The molecule has 2 nitrogen and oxygen atoms in total. The lowest BCUT2D eigenvalue weighted by Crippen LogP contribution is -1.81. The van der Waals surface area contributed by atoms with E-state index in [9.17, 15) is 0 Å². The standard InChI is InChI=1S/C16H13N.C5H5N/c1-3-7-13(8-4-1)15-11-12-17-16(15)14-9-5-2-6-10-14;1-2-4-6-5-3-1/h1-12,17H;1-5H. The van der Waals surface area contributed by atoms with E-state index in [1.165, 1.54) is 22.4 Å². The maximum absolute atomic E-state index is 3.78. The Morgan fingerprint density at radius 2 is 1.13 bits per heavy atom. The number of hydrogen-bond acceptors (Lipinski definition) is 1. The van der Waals surface area contributed by atoms with Gasteiger partial charge in [-0.2, -0.15) is 0 Å². The van der Waals surface area contributed by atoms with Crippen LogP contribution in [-0.2, 0) is 0 Å². The van der Waals surface area contributed by atoms with E-state index < -0.39 is 0 Å². The van der Waals surface area contributed by atoms with E-state index in [0.717, 1.165) is 0 Å². The molecule has 0 unspecified atom stereocenters. The third kappa shape index (κ3) is 3.95. The fourth-order valence-electron chi connectivity index (χ4n) is 2.38. The van der Waals surface area contributed by atoms with Gasteiger partial charge in [-0.25, -0.2) is 0 Å². The Bertz CT molecular complexity index is 725. The first-order valence-corrected chi connectivity index (χ1v) is 7.58. The summed E-state index contributed by atoms with van der Waals surface area (Å²) in [5, 5.41) is 0. The van der Waals surface area contributed by atoms with Gasteiger partial charge >= 0.3 is 0 Å². The molecule has 0 aliphatic carbocycles. The van der Waals surface area contributed by atoms with E-state index >= 15 is 0 Å². The van der Waals surface area contributed by atoms with Crippen LogP contribution in [0.15, 0.2) is 104 Å². The molecule has 2 aromatic carbocycles. The van der Waals surface area contributed by atoms with Gasteiger partial charge in [-0.3, -0.25) is 4.98 Å². The summed E-state index contributed by atoms with van der Waals surface area (Å²) >= 11 is 0. The highest BCUT2D eigenvalue weighted by atomic mass is 14.7. The highest BCUT2D eigenvalue weighted by Crippen LogP contribution is 2.30. The molecular formula is C21H18N2. The second-order valence-corrected chi connectivity index (χ2v) is 5.02. The van der Waals surface area contributed by atoms with Crippen LogP contribution in [-0.4, -0.2) is 9.97 Å². The molecule has 112 valence electrons. The number of aromatic amines is 1. The fourth-order valence-corrected chi connectivity index (χ4v) is 2.38. The molecule has 0 atom stereocenters. The van der Waals surface area contributed by atoms with Crippen LogP contribution in [0.2, 0.25) is 0 Å². The van der Waals surface area contributed by atoms with Crippen molar-refractivity contribution in [3.05, 3.63) is 104 Å². The lowest BCUT2D eigenvalue weighted by molar-refractivity contribution is 1.33. The van der Waals surface area contributed by atoms with Crippen molar-refractivity contribution in [1.29, 1.82) is 0 Å². The average molecular weight is 298 g/mol. The number of pyridine rings is 1. The van der Waals surface area contributed by atoms with Crippen molar-refractivity contribution < 1.29 is 0 Å². The molecule has 0 aliphatic rings. The molecule has 0 radical (unpaired) electrons. The second-order valence-electron chi connectivity index (χ2n) is 5.02. The van der Waals surface area contributed by atoms with Gasteiger partial charge in [0.25, 0.3) is 0 Å². The number of hydrogen-bond donors (Lipinski definition) is 1. The zero-order valence-electron chi connectivity index (χ0n) is 12.8. The van der Waals surface area contributed by atoms with Crippen LogP contribution in [0.25, 0.3) is 22.4 Å². The predicted molar refractivity (Wildman–Crippen MR) is 95.9 cm³/mol. The van der Waals surface area contributed by atoms with Crippen LogP contribution >= 0.6 is 0 Å². The molecule has 4 aromatic rings. The maximum atomic E-state index is 3.78. The van der Waals surface area contributed by atoms with Crippen LogP contribution in [0.5, 0.6) is 0 Å². The first-order valence-electron chi connectivity index (χ1n) is 7.58. The summed E-state index contributed by atoms with van der Waals surface area (Å²) in [4.78, 5) is 7.11. The van der Waals surface area contributed by atoms with E-state index in [0.29, 0.717) is 0 Å². The molecule has 4 rings (SSSR count). The van der Waals surface area contributed by atoms with Gasteiger partial charge in [0.15, 0.2) is 0 Å². The Labute approximate surface area is 136 Å². The minimum Gasteiger partial charge on any atom is -0.361 e. The zero-order valence-corrected chi connectivity index (χ0v) is 12.8. The van der Waals surface area contributed by atoms with E-state index in [-0.39, 0.29) is 0 Å². The molecule has 0 spiro atoms. The predicted octanol–water partition coefficient (Wildman–Crippen LogP) is 5.43. The number of rotatable bonds is 2. The summed E-state index contributed by atoms with van der Waals surface area (Å²) in [7, 11) is 0. The molecule has 0 bridgehead atoms. The molecule has 0 saturated carbocycles. The molecule has 1 N–H and O–H groups in total. The number of nitrogens with zero attached hydrogens (tertiary/aromatic N) is 1. The summed E-state index contributed by atoms with van der Waals surface area (Å²) in [5.41, 5.74) is 4.89. The van der Waals surface area contributed by atoms with E-state index in [1.54, 1.807) is 12.4 Å². The molecule has 0 aliphatic heterocycles. The van der Waals surface area contributed by atoms with Crippen molar-refractivity contribution in [2.45, 2.75) is 0 Å². The minimum absolute atomic E-state index is 1.18. The van der Waals surface area contributed by atoms with Gasteiger partial charge in [0.05, 0.1) is 5.69 Å². The summed E-state index contributed by atoms with van der Waals surface area (Å²) in [5.74, 6) is 0. The average Bonchev–Trinajstić information content (AvgIpc) is 3.15. The minimum atomic E-state index is 1.18. The third-order valence-electron chi connectivity index (χ3n) is 3.46. The Hall–Kier alpha value is -3.13. The lowest BCUT2D eigenvalue weighted by atomic mass is 10.0. The van der Waals surface area contributed by atoms with Gasteiger partial charge < -0.3 is 4.98 Å². The Morgan fingerprint density at radius 1 is 0.565 bits per heavy atom. The smallest absolute Gasteiger partial charge is 0.0533 e. The third-order valence-corrected chi connectivity index (χ3v) is 3.46. The van der Waals surface area contributed by atoms with Crippen LogP contribution in [0.4, 0.5) is 0 Å². The lowest BCUT2D eigenvalue weighted by Gasteiger charge is -2.04. The largest absolute Gasteiger partial charge is 0.361 e. The second kappa shape index (κ2) is 7.76. The van der Waals surface area contributed by atoms with E-state index in [4.69, 9.17) is 0 Å². The van der Waals surface area contributed by atoms with Gasteiger partial charge in [0.2, 0.25) is 0 Å². The number of H-pyrrole nitrogens is 1. The van der Waals surface area contributed by atoms with Gasteiger partial charge in [-0.1, -0.05) is 66.7 Å². The van der Waals surface area contributed by atoms with Crippen LogP contribution in [0.3, 0.4) is 0 Å². The molecule has 0 amide bonds. The summed E-state index contributed by atoms with van der Waals surface area (Å²) in [6.07, 6.45) is 5.49. The van der Waals surface area contributed by atoms with Gasteiger partial charge in [0.1, 0.15) is 0 Å². The van der Waals surface area contributed by atoms with E-state index in [1.807, 2.05) is 36.5 Å². The molecule has 2 aromatic heterocycles. The molecule has 0 fully saturated rings.